The van der Waals surface area contributed by atoms with E-state index in [2.05, 4.69) is 214 Å². The first-order chi connectivity index (χ1) is 29.8. The molecule has 1 unspecified atom stereocenters. The molecular weight excluding hydrogens is 737 g/mol. The van der Waals surface area contributed by atoms with Crippen LogP contribution in [0.25, 0.3) is 33.0 Å². The zero-order chi connectivity index (χ0) is 41.7. The zero-order valence-corrected chi connectivity index (χ0v) is 36.6. The Labute approximate surface area is 363 Å². The van der Waals surface area contributed by atoms with Gasteiger partial charge >= 0.3 is 0 Å². The van der Waals surface area contributed by atoms with E-state index in [1.807, 2.05) is 0 Å². The van der Waals surface area contributed by atoms with Crippen LogP contribution in [0.15, 0.2) is 170 Å². The van der Waals surface area contributed by atoms with E-state index in [0.717, 1.165) is 12.8 Å². The number of allylic oxidation sites excluding steroid dienone is 2. The molecule has 0 spiro atoms. The maximum Gasteiger partial charge on any atom is 0.0559 e. The average Bonchev–Trinajstić information content (AvgIpc) is 3.65. The molecule has 0 heterocycles. The number of benzene rings is 7. The summed E-state index contributed by atoms with van der Waals surface area (Å²) in [5.41, 5.74) is 18.2. The number of hydrogen-bond donors (Lipinski definition) is 0. The molecule has 0 bridgehead atoms. The van der Waals surface area contributed by atoms with Crippen LogP contribution < -0.4 is 9.80 Å². The molecule has 2 heteroatoms. The average molecular weight is 795 g/mol. The summed E-state index contributed by atoms with van der Waals surface area (Å²) in [4.78, 5) is 5.01. The summed E-state index contributed by atoms with van der Waals surface area (Å²) in [6, 6.07) is 55.5. The van der Waals surface area contributed by atoms with Crippen molar-refractivity contribution in [1.82, 2.24) is 0 Å². The summed E-state index contributed by atoms with van der Waals surface area (Å²) in [7, 11) is 0. The molecular formula is C59H58N2. The predicted molar refractivity (Wildman–Crippen MR) is 261 cm³/mol. The van der Waals surface area contributed by atoms with E-state index in [1.54, 1.807) is 0 Å². The number of nitrogens with zero attached hydrogens (tertiary/aromatic N) is 2. The van der Waals surface area contributed by atoms with E-state index in [9.17, 15) is 0 Å². The molecule has 0 saturated heterocycles. The van der Waals surface area contributed by atoms with Gasteiger partial charge in [0, 0.05) is 39.0 Å². The molecule has 2 nitrogen and oxygen atoms in total. The van der Waals surface area contributed by atoms with Crippen LogP contribution in [0.2, 0.25) is 0 Å². The van der Waals surface area contributed by atoms with Gasteiger partial charge in [0.1, 0.15) is 0 Å². The van der Waals surface area contributed by atoms with E-state index >= 15 is 0 Å². The summed E-state index contributed by atoms with van der Waals surface area (Å²) in [6.07, 6.45) is 17.6. The van der Waals surface area contributed by atoms with Crippen molar-refractivity contribution >= 4 is 39.2 Å². The molecule has 3 aliphatic carbocycles. The number of unbranched alkanes of at least 4 members (excludes halogenated alkanes) is 4. The van der Waals surface area contributed by atoms with Gasteiger partial charge in [-0.05, 0) is 141 Å². The van der Waals surface area contributed by atoms with Crippen LogP contribution in [0.4, 0.5) is 28.4 Å². The summed E-state index contributed by atoms with van der Waals surface area (Å²) >= 11 is 0. The van der Waals surface area contributed by atoms with Crippen molar-refractivity contribution in [3.05, 3.63) is 198 Å². The fourth-order valence-corrected chi connectivity index (χ4v) is 10.7. The number of aryl methyl sites for hydroxylation is 1. The summed E-state index contributed by atoms with van der Waals surface area (Å²) < 4.78 is 0. The first-order valence-electron chi connectivity index (χ1n) is 22.8. The minimum absolute atomic E-state index is 0.172. The number of fused-ring (bicyclic) bond motifs is 8. The van der Waals surface area contributed by atoms with Gasteiger partial charge in [0.25, 0.3) is 0 Å². The highest BCUT2D eigenvalue weighted by Crippen LogP contribution is 2.59. The Balaban J connectivity index is 1.07. The zero-order valence-electron chi connectivity index (χ0n) is 36.6. The lowest BCUT2D eigenvalue weighted by Gasteiger charge is -2.33. The van der Waals surface area contributed by atoms with Crippen molar-refractivity contribution in [3.63, 3.8) is 0 Å². The van der Waals surface area contributed by atoms with Gasteiger partial charge in [-0.15, -0.1) is 0 Å². The molecule has 61 heavy (non-hydrogen) atoms. The molecule has 0 saturated carbocycles. The first kappa shape index (κ1) is 39.0. The fourth-order valence-electron chi connectivity index (χ4n) is 10.7. The summed E-state index contributed by atoms with van der Waals surface area (Å²) in [5, 5.41) is 2.59. The van der Waals surface area contributed by atoms with Crippen LogP contribution in [-0.4, -0.2) is 6.04 Å². The molecule has 0 radical (unpaired) electrons. The van der Waals surface area contributed by atoms with Crippen LogP contribution in [0, 0.1) is 0 Å². The van der Waals surface area contributed by atoms with Gasteiger partial charge in [-0.1, -0.05) is 163 Å². The van der Waals surface area contributed by atoms with Gasteiger partial charge < -0.3 is 9.80 Å². The molecule has 10 rings (SSSR count). The second kappa shape index (κ2) is 15.7. The van der Waals surface area contributed by atoms with Crippen LogP contribution in [0.5, 0.6) is 0 Å². The molecule has 0 amide bonds. The third-order valence-corrected chi connectivity index (χ3v) is 14.1. The highest BCUT2D eigenvalue weighted by molar-refractivity contribution is 6.10. The number of anilines is 5. The second-order valence-electron chi connectivity index (χ2n) is 18.6. The maximum atomic E-state index is 2.57. The van der Waals surface area contributed by atoms with E-state index in [4.69, 9.17) is 0 Å². The Hall–Kier alpha value is -6.12. The molecule has 0 aromatic heterocycles. The highest BCUT2D eigenvalue weighted by atomic mass is 15.2. The van der Waals surface area contributed by atoms with Crippen molar-refractivity contribution < 1.29 is 0 Å². The topological polar surface area (TPSA) is 6.48 Å². The smallest absolute Gasteiger partial charge is 0.0559 e. The largest absolute Gasteiger partial charge is 0.334 e. The lowest BCUT2D eigenvalue weighted by atomic mass is 9.79. The van der Waals surface area contributed by atoms with Gasteiger partial charge in [-0.2, -0.15) is 0 Å². The number of hydrogen-bond acceptors (Lipinski definition) is 2. The monoisotopic (exact) mass is 794 g/mol. The maximum absolute atomic E-state index is 2.57. The molecule has 7 aromatic rings. The minimum atomic E-state index is -0.208. The van der Waals surface area contributed by atoms with Gasteiger partial charge in [-0.3, -0.25) is 0 Å². The minimum Gasteiger partial charge on any atom is -0.334 e. The summed E-state index contributed by atoms with van der Waals surface area (Å²) in [6.45, 7) is 12.0. The Morgan fingerprint density at radius 3 is 1.84 bits per heavy atom. The Morgan fingerprint density at radius 2 is 1.11 bits per heavy atom. The van der Waals surface area contributed by atoms with E-state index in [1.165, 1.54) is 121 Å². The predicted octanol–water partition coefficient (Wildman–Crippen LogP) is 16.5. The third kappa shape index (κ3) is 6.72. The van der Waals surface area contributed by atoms with Crippen molar-refractivity contribution in [2.75, 3.05) is 9.80 Å². The fraction of sp³-hybridized carbons (Fsp3) is 0.254. The molecule has 304 valence electrons. The van der Waals surface area contributed by atoms with Gasteiger partial charge in [-0.25, -0.2) is 0 Å². The molecule has 0 fully saturated rings. The number of para-hydroxylation sites is 2. The molecule has 7 aromatic carbocycles. The molecule has 1 atom stereocenters. The Morgan fingerprint density at radius 1 is 0.508 bits per heavy atom. The van der Waals surface area contributed by atoms with Crippen LogP contribution in [0.3, 0.4) is 0 Å². The van der Waals surface area contributed by atoms with Gasteiger partial charge in [0.2, 0.25) is 0 Å². The first-order valence-corrected chi connectivity index (χ1v) is 22.8. The van der Waals surface area contributed by atoms with Crippen LogP contribution in [-0.2, 0) is 17.3 Å². The van der Waals surface area contributed by atoms with E-state index in [-0.39, 0.29) is 16.9 Å². The van der Waals surface area contributed by atoms with Crippen LogP contribution in [0.1, 0.15) is 101 Å². The quantitative estimate of drug-likeness (QED) is 0.114. The third-order valence-electron chi connectivity index (χ3n) is 14.1. The lowest BCUT2D eigenvalue weighted by molar-refractivity contribution is 0.632. The van der Waals surface area contributed by atoms with Gasteiger partial charge in [0.05, 0.1) is 11.7 Å². The van der Waals surface area contributed by atoms with Gasteiger partial charge in [0.15, 0.2) is 0 Å². The van der Waals surface area contributed by atoms with E-state index in [0.29, 0.717) is 0 Å². The molecule has 3 aliphatic rings. The highest BCUT2D eigenvalue weighted by Gasteiger charge is 2.43. The normalized spacial score (nSPS) is 16.2. The second-order valence-corrected chi connectivity index (χ2v) is 18.6. The lowest BCUT2D eigenvalue weighted by Crippen LogP contribution is -2.30. The number of rotatable bonds is 12. The summed E-state index contributed by atoms with van der Waals surface area (Å²) in [5.74, 6) is 0. The molecule has 0 aliphatic heterocycles. The Kier molecular flexibility index (Phi) is 10.1. The van der Waals surface area contributed by atoms with Crippen molar-refractivity contribution in [2.24, 2.45) is 0 Å². The molecule has 0 N–H and O–H groups in total. The standard InChI is InChI=1S/C59H58N2/c1-6-7-8-9-13-22-41-31-33-45(34-32-41)61(44-27-18-12-19-28-44)56-40-55-57(49-30-21-20-29-48(49)56)51-39-53-50(38-54(51)59(55,4)5)47-36-35-46(37-52(47)58(53,2)3)60(42-23-14-10-15-24-42)43-25-16-11-17-26-43/h10-12,14-21,23-25,27-40,43H,6-9,13,22,26H2,1-5H3. The van der Waals surface area contributed by atoms with Crippen molar-refractivity contribution in [1.29, 1.82) is 0 Å². The van der Waals surface area contributed by atoms with Crippen LogP contribution >= 0.6 is 0 Å². The SMILES string of the molecule is CCCCCCCc1ccc(N(c2ccccc2)c2cc3c(c4ccccc24)-c2cc4c(cc2C3(C)C)-c2ccc(N(c3ccccc3)C3C=CC=CC3)cc2C4(C)C)cc1. The van der Waals surface area contributed by atoms with E-state index < -0.39 is 0 Å². The van der Waals surface area contributed by atoms with Crippen molar-refractivity contribution in [2.45, 2.75) is 96.4 Å². The Bertz CT molecular complexity index is 2790. The van der Waals surface area contributed by atoms with Crippen molar-refractivity contribution in [3.8, 4) is 22.3 Å².